The van der Waals surface area contributed by atoms with E-state index < -0.39 is 163 Å². The summed E-state index contributed by atoms with van der Waals surface area (Å²) in [6, 6.07) is 59.5. The molecular weight excluding hydrogens is 1410 g/mol. The number of epoxide rings is 1. The average Bonchev–Trinajstić information content (AvgIpc) is 1.54. The third kappa shape index (κ3) is 21.7. The van der Waals surface area contributed by atoms with Gasteiger partial charge >= 0.3 is 41.8 Å². The van der Waals surface area contributed by atoms with Gasteiger partial charge in [0, 0.05) is 14.2 Å². The molecule has 5 aliphatic rings. The molecule has 5 N–H and O–H groups in total. The van der Waals surface area contributed by atoms with E-state index in [1.54, 1.807) is 228 Å². The third-order valence-electron chi connectivity index (χ3n) is 18.1. The smallest absolute Gasteiger partial charge is 0.338 e. The van der Waals surface area contributed by atoms with Crippen LogP contribution in [0.4, 0.5) is 0 Å². The number of rotatable bonds is 20. The van der Waals surface area contributed by atoms with Gasteiger partial charge in [-0.05, 0) is 140 Å². The molecule has 26 nitrogen and oxygen atoms in total. The number of aliphatic hydroxyl groups excluding tert-OH is 2. The summed E-state index contributed by atoms with van der Waals surface area (Å²) in [5.74, 6) is -3.88. The van der Waals surface area contributed by atoms with Crippen molar-refractivity contribution in [2.45, 2.75) is 206 Å². The minimum Gasteiger partial charge on any atom is -0.456 e. The van der Waals surface area contributed by atoms with E-state index >= 15 is 0 Å². The highest BCUT2D eigenvalue weighted by atomic mass is 16.8. The van der Waals surface area contributed by atoms with Crippen molar-refractivity contribution in [1.82, 2.24) is 0 Å². The molecule has 12 rings (SSSR count). The van der Waals surface area contributed by atoms with Crippen LogP contribution in [0.2, 0.25) is 0 Å². The quantitative estimate of drug-likeness (QED) is 0.0269. The van der Waals surface area contributed by atoms with E-state index in [2.05, 4.69) is 0 Å². The van der Waals surface area contributed by atoms with Gasteiger partial charge in [0.15, 0.2) is 60.3 Å². The standard InChI is InChI=1S/C22H24O7.C21H22O7.C21H20O6.C15H20O6.4CH4/c1-14(27-19(23)15-10-6-4-7-11-15)17-18(22(2,25)21(26-3)28-17)29-20(24)16-12-8-5-9-13-16;1-13(26-18(22)14-9-5-3-6-10-14)16-17(21(2,25)20(24)27-16)28-19(23)15-11-7-4-8-12-15;1-13(24-18(22)14-9-5-3-6-10-14)16-17(21(2)20(25-16)27-21)26-19(23)15-11-7-4-8-12-15;1-9(20-13(17)10-7-5-4-6-8-10)11-12(16)15(2,18)14(19-3)21-11;;;;/h4-14,17-18,21,25H,1-3H3;3-13,16-17,20,24-25H,1-2H3;3-13,16-17,20H,1-2H3;4-9,11-12,14,16,18H,1-3H3;4*1H4/t14-,17-,18-,21?,22-;13-,16-,17-,20?,21-;13-,16-,17-,20-,21-;9-,11-,12-,14?,15-;;;;/m1111..../s1. The van der Waals surface area contributed by atoms with E-state index in [0.717, 1.165) is 0 Å². The highest BCUT2D eigenvalue weighted by molar-refractivity contribution is 5.92. The van der Waals surface area contributed by atoms with Crippen LogP contribution in [0.25, 0.3) is 0 Å². The Labute approximate surface area is 635 Å². The zero-order valence-corrected chi connectivity index (χ0v) is 59.3. The van der Waals surface area contributed by atoms with Crippen LogP contribution in [-0.2, 0) is 66.3 Å². The van der Waals surface area contributed by atoms with Crippen molar-refractivity contribution >= 4 is 41.8 Å². The Morgan fingerprint density at radius 3 is 0.862 bits per heavy atom. The Bertz CT molecular complexity index is 4000. The summed E-state index contributed by atoms with van der Waals surface area (Å²) in [4.78, 5) is 86.4. The number of ether oxygens (including phenoxy) is 14. The minimum atomic E-state index is -1.87. The molecule has 590 valence electrons. The van der Waals surface area contributed by atoms with Crippen LogP contribution in [0.1, 0.15) is 158 Å². The molecule has 3 unspecified atom stereocenters. The second-order valence-corrected chi connectivity index (χ2v) is 26.1. The molecule has 109 heavy (non-hydrogen) atoms. The van der Waals surface area contributed by atoms with E-state index in [9.17, 15) is 59.1 Å². The number of carbonyl (C=O) groups is 7. The number of aliphatic hydroxyl groups is 5. The van der Waals surface area contributed by atoms with Crippen LogP contribution in [0.3, 0.4) is 0 Å². The Hall–Kier alpha value is -9.65. The largest absolute Gasteiger partial charge is 0.456 e. The Balaban J connectivity index is 0.000000259. The van der Waals surface area contributed by atoms with Gasteiger partial charge in [-0.2, -0.15) is 0 Å². The van der Waals surface area contributed by atoms with Gasteiger partial charge in [0.1, 0.15) is 60.5 Å². The van der Waals surface area contributed by atoms with E-state index in [-0.39, 0.29) is 35.3 Å². The highest BCUT2D eigenvalue weighted by Gasteiger charge is 2.71. The maximum atomic E-state index is 12.6. The van der Waals surface area contributed by atoms with Crippen molar-refractivity contribution in [3.63, 3.8) is 0 Å². The molecular formula is C83H102O26. The Morgan fingerprint density at radius 1 is 0.330 bits per heavy atom. The van der Waals surface area contributed by atoms with Crippen molar-refractivity contribution in [1.29, 1.82) is 0 Å². The van der Waals surface area contributed by atoms with Gasteiger partial charge in [0.2, 0.25) is 0 Å². The number of methoxy groups -OCH3 is 2. The molecule has 5 heterocycles. The fraction of sp³-hybridized carbons (Fsp3) is 0.410. The van der Waals surface area contributed by atoms with E-state index in [1.807, 2.05) is 19.1 Å². The molecule has 0 radical (unpaired) electrons. The van der Waals surface area contributed by atoms with Gasteiger partial charge in [0.25, 0.3) is 0 Å². The molecule has 7 aromatic carbocycles. The van der Waals surface area contributed by atoms with Gasteiger partial charge in [-0.25, -0.2) is 33.6 Å². The van der Waals surface area contributed by atoms with Crippen LogP contribution in [0.5, 0.6) is 0 Å². The summed E-state index contributed by atoms with van der Waals surface area (Å²) in [5.41, 5.74) is -3.15. The van der Waals surface area contributed by atoms with Gasteiger partial charge in [-0.1, -0.05) is 157 Å². The monoisotopic (exact) mass is 1510 g/mol. The van der Waals surface area contributed by atoms with Crippen LogP contribution in [0, 0.1) is 0 Å². The summed E-state index contributed by atoms with van der Waals surface area (Å²) in [6.45, 7) is 12.5. The first-order valence-corrected chi connectivity index (χ1v) is 33.7. The first-order valence-electron chi connectivity index (χ1n) is 33.7. The first-order chi connectivity index (χ1) is 50.0. The highest BCUT2D eigenvalue weighted by Crippen LogP contribution is 2.51. The lowest BCUT2D eigenvalue weighted by Gasteiger charge is -2.30. The van der Waals surface area contributed by atoms with Crippen molar-refractivity contribution in [2.75, 3.05) is 14.2 Å². The van der Waals surface area contributed by atoms with Crippen LogP contribution in [0.15, 0.2) is 212 Å². The fourth-order valence-electron chi connectivity index (χ4n) is 11.9. The zero-order chi connectivity index (χ0) is 76.0. The topological polar surface area (TPSA) is 353 Å². The number of fused-ring (bicyclic) bond motifs is 1. The summed E-state index contributed by atoms with van der Waals surface area (Å²) in [5, 5.41) is 51.9. The van der Waals surface area contributed by atoms with Crippen LogP contribution in [-0.4, -0.2) is 202 Å². The maximum absolute atomic E-state index is 12.6. The molecule has 20 atom stereocenters. The molecule has 7 aromatic rings. The molecule has 0 aliphatic carbocycles. The third-order valence-corrected chi connectivity index (χ3v) is 18.1. The van der Waals surface area contributed by atoms with E-state index in [0.29, 0.717) is 33.4 Å². The molecule has 0 amide bonds. The van der Waals surface area contributed by atoms with E-state index in [4.69, 9.17) is 66.3 Å². The van der Waals surface area contributed by atoms with E-state index in [1.165, 1.54) is 35.0 Å². The molecule has 5 aliphatic heterocycles. The van der Waals surface area contributed by atoms with Gasteiger partial charge < -0.3 is 91.8 Å². The number of hydrogen-bond donors (Lipinski definition) is 5. The number of benzene rings is 7. The van der Waals surface area contributed by atoms with Crippen molar-refractivity contribution in [3.8, 4) is 0 Å². The number of hydrogen-bond acceptors (Lipinski definition) is 26. The van der Waals surface area contributed by atoms with Gasteiger partial charge in [-0.15, -0.1) is 0 Å². The summed E-state index contributed by atoms with van der Waals surface area (Å²) >= 11 is 0. The Kier molecular flexibility index (Phi) is 32.7. The lowest BCUT2D eigenvalue weighted by molar-refractivity contribution is -0.190. The molecule has 5 fully saturated rings. The van der Waals surface area contributed by atoms with Crippen LogP contribution >= 0.6 is 0 Å². The summed E-state index contributed by atoms with van der Waals surface area (Å²) in [7, 11) is 2.74. The maximum Gasteiger partial charge on any atom is 0.338 e. The van der Waals surface area contributed by atoms with Crippen molar-refractivity contribution in [2.24, 2.45) is 0 Å². The minimum absolute atomic E-state index is 0. The zero-order valence-electron chi connectivity index (χ0n) is 59.3. The van der Waals surface area contributed by atoms with Gasteiger partial charge in [0.05, 0.1) is 38.9 Å². The number of carbonyl (C=O) groups excluding carboxylic acids is 7. The lowest BCUT2D eigenvalue weighted by Crippen LogP contribution is -2.50. The SMILES string of the molecule is C.C.C.C.COC1O[C@H]([C@@H](C)OC(=O)c2ccccc2)[C@@H](O)[C@@]1(C)O.COC1O[C@H]([C@@H](C)OC(=O)c2ccccc2)[C@@H](OC(=O)c2ccccc2)[C@@]1(C)O.C[C@@H](OC(=O)c1ccccc1)[C@H]1OC(O)[C@](C)(O)[C@@H]1OC(=O)c1ccccc1.C[C@@H](OC(=O)c1ccccc1)[C@H]1O[C@@H]2O[C@]2(C)[C@@H]1OC(=O)c1ccccc1. The Morgan fingerprint density at radius 2 is 0.569 bits per heavy atom. The van der Waals surface area contributed by atoms with Crippen LogP contribution < -0.4 is 0 Å². The van der Waals surface area contributed by atoms with Gasteiger partial charge in [-0.3, -0.25) is 0 Å². The molecule has 0 aromatic heterocycles. The average molecular weight is 1520 g/mol. The second kappa shape index (κ2) is 39.6. The summed E-state index contributed by atoms with van der Waals surface area (Å²) in [6.07, 6.45) is -14.9. The normalized spacial score (nSPS) is 28.2. The fourth-order valence-corrected chi connectivity index (χ4v) is 11.9. The second-order valence-electron chi connectivity index (χ2n) is 26.1. The number of esters is 7. The molecule has 0 bridgehead atoms. The lowest BCUT2D eigenvalue weighted by atomic mass is 9.95. The summed E-state index contributed by atoms with van der Waals surface area (Å²) < 4.78 is 76.5. The molecule has 26 heteroatoms. The molecule has 0 spiro atoms. The van der Waals surface area contributed by atoms with Crippen molar-refractivity contribution < 1.29 is 125 Å². The first kappa shape index (κ1) is 90.0. The molecule has 0 saturated carbocycles. The predicted molar refractivity (Wildman–Crippen MR) is 397 cm³/mol. The van der Waals surface area contributed by atoms with Crippen molar-refractivity contribution in [3.05, 3.63) is 251 Å². The predicted octanol–water partition coefficient (Wildman–Crippen LogP) is 10.7. The molecule has 5 saturated heterocycles.